The van der Waals surface area contributed by atoms with E-state index in [1.165, 1.54) is 0 Å². The van der Waals surface area contributed by atoms with E-state index in [2.05, 4.69) is 18.8 Å². The molecule has 0 amide bonds. The summed E-state index contributed by atoms with van der Waals surface area (Å²) < 4.78 is 27.8. The zero-order chi connectivity index (χ0) is 17.6. The summed E-state index contributed by atoms with van der Waals surface area (Å²) in [4.78, 5) is 0.388. The lowest BCUT2D eigenvalue weighted by Crippen LogP contribution is -2.41. The van der Waals surface area contributed by atoms with Gasteiger partial charge in [0.2, 0.25) is 10.0 Å². The molecule has 24 heavy (non-hydrogen) atoms. The van der Waals surface area contributed by atoms with Crippen LogP contribution >= 0.6 is 0 Å². The summed E-state index contributed by atoms with van der Waals surface area (Å²) in [6, 6.07) is 7.15. The van der Waals surface area contributed by atoms with E-state index in [4.69, 9.17) is 0 Å². The largest absolute Gasteiger partial charge is 0.243 e. The number of nitrogens with zero attached hydrogens (tertiary/aromatic N) is 1. The smallest absolute Gasteiger partial charge is 0.207 e. The molecule has 0 aliphatic heterocycles. The summed E-state index contributed by atoms with van der Waals surface area (Å²) in [5.74, 6) is 6.79. The number of hydrogen-bond acceptors (Lipinski definition) is 2. The zero-order valence-corrected chi connectivity index (χ0v) is 15.9. The predicted molar refractivity (Wildman–Crippen MR) is 99.2 cm³/mol. The first kappa shape index (κ1) is 19.0. The highest BCUT2D eigenvalue weighted by atomic mass is 32.2. The monoisotopic (exact) mass is 347 g/mol. The van der Waals surface area contributed by atoms with E-state index in [0.29, 0.717) is 11.4 Å². The maximum Gasteiger partial charge on any atom is 0.243 e. The molecular weight excluding hydrogens is 318 g/mol. The predicted octanol–water partition coefficient (Wildman–Crippen LogP) is 4.37. The molecule has 2 atom stereocenters. The number of benzene rings is 1. The van der Waals surface area contributed by atoms with Crippen LogP contribution in [0.2, 0.25) is 0 Å². The first-order valence-corrected chi connectivity index (χ1v) is 10.5. The maximum absolute atomic E-state index is 13.1. The summed E-state index contributed by atoms with van der Waals surface area (Å²) in [6.45, 7) is 6.54. The molecule has 1 aliphatic carbocycles. The van der Waals surface area contributed by atoms with Gasteiger partial charge in [0.1, 0.15) is 0 Å². The third-order valence-corrected chi connectivity index (χ3v) is 6.75. The second-order valence-electron chi connectivity index (χ2n) is 6.55. The molecule has 1 aromatic rings. The summed E-state index contributed by atoms with van der Waals surface area (Å²) in [6.07, 6.45) is 6.14. The van der Waals surface area contributed by atoms with Gasteiger partial charge in [-0.3, -0.25) is 0 Å². The highest BCUT2D eigenvalue weighted by Crippen LogP contribution is 2.33. The average molecular weight is 348 g/mol. The van der Waals surface area contributed by atoms with Crippen molar-refractivity contribution >= 4 is 10.0 Å². The molecule has 0 radical (unpaired) electrons. The molecular formula is C20H29NO2S. The average Bonchev–Trinajstić information content (AvgIpc) is 3.00. The van der Waals surface area contributed by atoms with Crippen molar-refractivity contribution in [1.29, 1.82) is 0 Å². The van der Waals surface area contributed by atoms with Gasteiger partial charge in [0.15, 0.2) is 0 Å². The van der Waals surface area contributed by atoms with Gasteiger partial charge in [0.05, 0.1) is 4.90 Å². The van der Waals surface area contributed by atoms with Gasteiger partial charge in [-0.05, 0) is 38.3 Å². The fourth-order valence-electron chi connectivity index (χ4n) is 3.35. The standard InChI is InChI=1S/C20H29NO2S/c1-4-6-7-8-10-18-11-9-12-20(18)21(5-2)24(22,23)19-15-13-17(3)14-16-19/h13-16,18,20H,4-7,9,11-12H2,1-3H3/t18-,20+/m0/s1. The van der Waals surface area contributed by atoms with Crippen LogP contribution < -0.4 is 0 Å². The Morgan fingerprint density at radius 1 is 1.17 bits per heavy atom. The molecule has 3 nitrogen and oxygen atoms in total. The van der Waals surface area contributed by atoms with Crippen molar-refractivity contribution < 1.29 is 8.42 Å². The summed E-state index contributed by atoms with van der Waals surface area (Å²) in [5.41, 5.74) is 1.07. The Hall–Kier alpha value is -1.31. The van der Waals surface area contributed by atoms with Crippen LogP contribution in [0.1, 0.15) is 57.9 Å². The second-order valence-corrected chi connectivity index (χ2v) is 8.44. The molecule has 1 saturated carbocycles. The Bertz CT molecular complexity index is 683. The summed E-state index contributed by atoms with van der Waals surface area (Å²) in [7, 11) is -3.45. The number of unbranched alkanes of at least 4 members (excludes halogenated alkanes) is 2. The molecule has 0 spiro atoms. The van der Waals surface area contributed by atoms with Gasteiger partial charge < -0.3 is 0 Å². The highest BCUT2D eigenvalue weighted by Gasteiger charge is 2.37. The third-order valence-electron chi connectivity index (χ3n) is 4.73. The second kappa shape index (κ2) is 8.69. The van der Waals surface area contributed by atoms with Gasteiger partial charge >= 0.3 is 0 Å². The van der Waals surface area contributed by atoms with Crippen LogP contribution in [0.15, 0.2) is 29.2 Å². The topological polar surface area (TPSA) is 37.4 Å². The Balaban J connectivity index is 2.22. The molecule has 1 fully saturated rings. The molecule has 1 aromatic carbocycles. The molecule has 4 heteroatoms. The molecule has 0 N–H and O–H groups in total. The van der Waals surface area contributed by atoms with Crippen LogP contribution in [0.4, 0.5) is 0 Å². The SMILES string of the molecule is CCCCC#C[C@H]1CCC[C@H]1N(CC)S(=O)(=O)c1ccc(C)cc1. The molecule has 2 rings (SSSR count). The van der Waals surface area contributed by atoms with Gasteiger partial charge in [0, 0.05) is 24.9 Å². The Morgan fingerprint density at radius 2 is 1.88 bits per heavy atom. The van der Waals surface area contributed by atoms with Crippen molar-refractivity contribution in [3.63, 3.8) is 0 Å². The highest BCUT2D eigenvalue weighted by molar-refractivity contribution is 7.89. The lowest BCUT2D eigenvalue weighted by Gasteiger charge is -2.29. The fraction of sp³-hybridized carbons (Fsp3) is 0.600. The Morgan fingerprint density at radius 3 is 2.50 bits per heavy atom. The van der Waals surface area contributed by atoms with Gasteiger partial charge in [-0.25, -0.2) is 8.42 Å². The first-order chi connectivity index (χ1) is 11.5. The van der Waals surface area contributed by atoms with E-state index in [-0.39, 0.29) is 12.0 Å². The van der Waals surface area contributed by atoms with Crippen LogP contribution in [0.3, 0.4) is 0 Å². The summed E-state index contributed by atoms with van der Waals surface area (Å²) in [5, 5.41) is 0. The molecule has 0 unspecified atom stereocenters. The van der Waals surface area contributed by atoms with Crippen LogP contribution in [0, 0.1) is 24.7 Å². The third kappa shape index (κ3) is 4.40. The fourth-order valence-corrected chi connectivity index (χ4v) is 5.05. The van der Waals surface area contributed by atoms with Gasteiger partial charge in [-0.2, -0.15) is 4.31 Å². The Labute approximate surface area is 147 Å². The first-order valence-electron chi connectivity index (χ1n) is 9.07. The van der Waals surface area contributed by atoms with Gasteiger partial charge in [-0.15, -0.1) is 5.92 Å². The lowest BCUT2D eigenvalue weighted by atomic mass is 10.0. The van der Waals surface area contributed by atoms with E-state index in [1.54, 1.807) is 16.4 Å². The molecule has 0 bridgehead atoms. The van der Waals surface area contributed by atoms with Crippen LogP contribution in [-0.4, -0.2) is 25.3 Å². The molecule has 0 saturated heterocycles. The maximum atomic E-state index is 13.1. The van der Waals surface area contributed by atoms with Gasteiger partial charge in [0.25, 0.3) is 0 Å². The van der Waals surface area contributed by atoms with Crippen molar-refractivity contribution in [2.45, 2.75) is 70.2 Å². The molecule has 1 aliphatic rings. The Kier molecular flexibility index (Phi) is 6.89. The minimum Gasteiger partial charge on any atom is -0.207 e. The van der Waals surface area contributed by atoms with E-state index in [1.807, 2.05) is 26.0 Å². The van der Waals surface area contributed by atoms with E-state index < -0.39 is 10.0 Å². The minimum absolute atomic E-state index is 0.00966. The molecule has 0 aromatic heterocycles. The van der Waals surface area contributed by atoms with Crippen molar-refractivity contribution in [2.75, 3.05) is 6.54 Å². The van der Waals surface area contributed by atoms with Gasteiger partial charge in [-0.1, -0.05) is 50.3 Å². The van der Waals surface area contributed by atoms with Crippen LogP contribution in [0.25, 0.3) is 0 Å². The number of aryl methyl sites for hydroxylation is 1. The quantitative estimate of drug-likeness (QED) is 0.566. The lowest BCUT2D eigenvalue weighted by molar-refractivity contribution is 0.305. The minimum atomic E-state index is -3.45. The summed E-state index contributed by atoms with van der Waals surface area (Å²) >= 11 is 0. The molecule has 132 valence electrons. The number of rotatable bonds is 6. The van der Waals surface area contributed by atoms with Crippen molar-refractivity contribution in [1.82, 2.24) is 4.31 Å². The van der Waals surface area contributed by atoms with Crippen LogP contribution in [0.5, 0.6) is 0 Å². The number of sulfonamides is 1. The van der Waals surface area contributed by atoms with E-state index in [9.17, 15) is 8.42 Å². The van der Waals surface area contributed by atoms with Crippen molar-refractivity contribution in [3.05, 3.63) is 29.8 Å². The van der Waals surface area contributed by atoms with Crippen LogP contribution in [-0.2, 0) is 10.0 Å². The van der Waals surface area contributed by atoms with E-state index >= 15 is 0 Å². The van der Waals surface area contributed by atoms with Crippen molar-refractivity contribution in [3.8, 4) is 11.8 Å². The zero-order valence-electron chi connectivity index (χ0n) is 15.1. The normalized spacial score (nSPS) is 20.8. The number of hydrogen-bond donors (Lipinski definition) is 0. The van der Waals surface area contributed by atoms with E-state index in [0.717, 1.165) is 44.1 Å². The van der Waals surface area contributed by atoms with Crippen molar-refractivity contribution in [2.24, 2.45) is 5.92 Å². The molecule has 0 heterocycles.